The molecule has 174 valence electrons. The zero-order valence-electron chi connectivity index (χ0n) is 19.9. The van der Waals surface area contributed by atoms with Crippen molar-refractivity contribution in [3.8, 4) is 11.5 Å². The van der Waals surface area contributed by atoms with E-state index in [9.17, 15) is 9.90 Å². The van der Waals surface area contributed by atoms with E-state index in [2.05, 4.69) is 0 Å². The first kappa shape index (κ1) is 23.9. The molecule has 1 heterocycles. The van der Waals surface area contributed by atoms with E-state index in [1.54, 1.807) is 18.9 Å². The summed E-state index contributed by atoms with van der Waals surface area (Å²) >= 11 is 0. The van der Waals surface area contributed by atoms with Gasteiger partial charge in [-0.2, -0.15) is 0 Å². The van der Waals surface area contributed by atoms with E-state index >= 15 is 0 Å². The second kappa shape index (κ2) is 9.41. The molecule has 2 aromatic carbocycles. The minimum absolute atomic E-state index is 0.0833. The van der Waals surface area contributed by atoms with Crippen molar-refractivity contribution in [2.45, 2.75) is 58.8 Å². The molecule has 0 aliphatic carbocycles. The van der Waals surface area contributed by atoms with Crippen molar-refractivity contribution in [2.75, 3.05) is 20.2 Å². The number of hydrogen-bond donors (Lipinski definition) is 1. The maximum Gasteiger partial charge on any atom is 0.410 e. The number of carbonyl (C=O) groups is 1. The Hall–Kier alpha value is -2.73. The maximum absolute atomic E-state index is 12.8. The molecular weight excluding hydrogens is 406 g/mol. The van der Waals surface area contributed by atoms with Gasteiger partial charge in [-0.15, -0.1) is 0 Å². The van der Waals surface area contributed by atoms with Crippen LogP contribution < -0.4 is 9.47 Å². The summed E-state index contributed by atoms with van der Waals surface area (Å²) in [7, 11) is 1.62. The van der Waals surface area contributed by atoms with Crippen molar-refractivity contribution in [1.29, 1.82) is 0 Å². The second-order valence-corrected chi connectivity index (χ2v) is 9.78. The third-order valence-corrected chi connectivity index (χ3v) is 6.16. The zero-order valence-corrected chi connectivity index (χ0v) is 19.9. The van der Waals surface area contributed by atoms with Gasteiger partial charge in [-0.25, -0.2) is 4.79 Å². The number of carbonyl (C=O) groups excluding carboxylic acids is 1. The highest BCUT2D eigenvalue weighted by Crippen LogP contribution is 2.47. The van der Waals surface area contributed by atoms with Crippen LogP contribution in [0.25, 0.3) is 0 Å². The van der Waals surface area contributed by atoms with Crippen LogP contribution in [-0.4, -0.2) is 48.0 Å². The summed E-state index contributed by atoms with van der Waals surface area (Å²) in [4.78, 5) is 14.4. The van der Waals surface area contributed by atoms with Crippen LogP contribution in [0.1, 0.15) is 51.7 Å². The topological polar surface area (TPSA) is 68.2 Å². The lowest BCUT2D eigenvalue weighted by Crippen LogP contribution is -2.39. The molecule has 1 aliphatic rings. The van der Waals surface area contributed by atoms with Crippen LogP contribution in [0.5, 0.6) is 11.5 Å². The molecule has 1 amide bonds. The van der Waals surface area contributed by atoms with Crippen LogP contribution >= 0.6 is 0 Å². The Morgan fingerprint density at radius 1 is 1.19 bits per heavy atom. The summed E-state index contributed by atoms with van der Waals surface area (Å²) in [6.45, 7) is 10.6. The van der Waals surface area contributed by atoms with Gasteiger partial charge in [0.2, 0.25) is 0 Å². The third kappa shape index (κ3) is 5.36. The molecule has 1 aliphatic heterocycles. The quantitative estimate of drug-likeness (QED) is 0.684. The van der Waals surface area contributed by atoms with Gasteiger partial charge in [0, 0.05) is 24.4 Å². The first-order chi connectivity index (χ1) is 15.0. The van der Waals surface area contributed by atoms with Crippen LogP contribution in [0.2, 0.25) is 0 Å². The molecule has 1 saturated heterocycles. The Balaban J connectivity index is 1.87. The highest BCUT2D eigenvalue weighted by atomic mass is 16.6. The van der Waals surface area contributed by atoms with Gasteiger partial charge in [-0.1, -0.05) is 43.3 Å². The average molecular weight is 442 g/mol. The van der Waals surface area contributed by atoms with E-state index in [1.807, 2.05) is 76.2 Å². The summed E-state index contributed by atoms with van der Waals surface area (Å²) < 4.78 is 17.2. The van der Waals surface area contributed by atoms with Gasteiger partial charge in [-0.3, -0.25) is 0 Å². The van der Waals surface area contributed by atoms with Gasteiger partial charge in [0.1, 0.15) is 12.2 Å². The fourth-order valence-electron chi connectivity index (χ4n) is 4.15. The van der Waals surface area contributed by atoms with E-state index in [1.165, 1.54) is 0 Å². The number of methoxy groups -OCH3 is 1. The molecule has 0 bridgehead atoms. The number of aliphatic hydroxyl groups is 1. The fourth-order valence-corrected chi connectivity index (χ4v) is 4.15. The Labute approximate surface area is 191 Å². The third-order valence-electron chi connectivity index (χ3n) is 6.16. The number of likely N-dealkylation sites (tertiary alicyclic amines) is 1. The van der Waals surface area contributed by atoms with Crippen LogP contribution in [-0.2, 0) is 11.3 Å². The van der Waals surface area contributed by atoms with E-state index in [4.69, 9.17) is 14.2 Å². The van der Waals surface area contributed by atoms with Crippen molar-refractivity contribution < 1.29 is 24.1 Å². The number of amides is 1. The van der Waals surface area contributed by atoms with Crippen LogP contribution in [0.3, 0.4) is 0 Å². The van der Waals surface area contributed by atoms with Gasteiger partial charge in [0.15, 0.2) is 11.5 Å². The SMILES string of the molecule is COc1ccc([C@@H]2CN(C(=O)OC(C)(C)C)C[C@@]2(C)[C@@H](C)O)cc1OCc1ccccc1. The largest absolute Gasteiger partial charge is 0.493 e. The normalized spacial score (nSPS) is 21.8. The lowest BCUT2D eigenvalue weighted by atomic mass is 9.72. The smallest absolute Gasteiger partial charge is 0.410 e. The molecule has 3 rings (SSSR count). The minimum Gasteiger partial charge on any atom is -0.493 e. The Bertz CT molecular complexity index is 922. The van der Waals surface area contributed by atoms with Crippen LogP contribution in [0, 0.1) is 5.41 Å². The molecule has 0 radical (unpaired) electrons. The fraction of sp³-hybridized carbons (Fsp3) is 0.500. The molecule has 0 saturated carbocycles. The molecule has 1 N–H and O–H groups in total. The van der Waals surface area contributed by atoms with Crippen molar-refractivity contribution in [3.63, 3.8) is 0 Å². The second-order valence-electron chi connectivity index (χ2n) is 9.78. The number of hydrogen-bond acceptors (Lipinski definition) is 5. The zero-order chi connectivity index (χ0) is 23.5. The maximum atomic E-state index is 12.8. The van der Waals surface area contributed by atoms with Gasteiger partial charge < -0.3 is 24.2 Å². The Morgan fingerprint density at radius 2 is 1.88 bits per heavy atom. The number of ether oxygens (including phenoxy) is 3. The summed E-state index contributed by atoms with van der Waals surface area (Å²) in [5.74, 6) is 1.20. The number of rotatable bonds is 6. The minimum atomic E-state index is -0.615. The first-order valence-electron chi connectivity index (χ1n) is 11.0. The van der Waals surface area contributed by atoms with E-state index < -0.39 is 17.1 Å². The number of benzene rings is 2. The number of nitrogens with zero attached hydrogens (tertiary/aromatic N) is 1. The highest BCUT2D eigenvalue weighted by Gasteiger charge is 2.49. The summed E-state index contributed by atoms with van der Waals surface area (Å²) in [5, 5.41) is 10.7. The highest BCUT2D eigenvalue weighted by molar-refractivity contribution is 5.69. The molecule has 0 unspecified atom stereocenters. The summed E-state index contributed by atoms with van der Waals surface area (Å²) in [6, 6.07) is 15.8. The van der Waals surface area contributed by atoms with E-state index in [-0.39, 0.29) is 12.0 Å². The lowest BCUT2D eigenvalue weighted by molar-refractivity contribution is 0.0193. The van der Waals surface area contributed by atoms with Crippen molar-refractivity contribution in [3.05, 3.63) is 59.7 Å². The van der Waals surface area contributed by atoms with Crippen molar-refractivity contribution in [1.82, 2.24) is 4.90 Å². The Kier molecular flexibility index (Phi) is 7.03. The standard InChI is InChI=1S/C26H35NO5/c1-18(28)26(5)17-27(24(29)32-25(2,3)4)15-21(26)20-12-13-22(30-6)23(14-20)31-16-19-10-8-7-9-11-19/h7-14,18,21,28H,15-17H2,1-6H3/t18-,21+,26+/m1/s1. The van der Waals surface area contributed by atoms with Gasteiger partial charge in [-0.05, 0) is 51.0 Å². The molecule has 6 heteroatoms. The van der Waals surface area contributed by atoms with E-state index in [0.717, 1.165) is 11.1 Å². The molecule has 1 fully saturated rings. The first-order valence-corrected chi connectivity index (χ1v) is 11.0. The monoisotopic (exact) mass is 441 g/mol. The molecule has 6 nitrogen and oxygen atoms in total. The number of aliphatic hydroxyl groups excluding tert-OH is 1. The molecule has 32 heavy (non-hydrogen) atoms. The molecule has 2 aromatic rings. The molecule has 0 spiro atoms. The van der Waals surface area contributed by atoms with Gasteiger partial charge in [0.25, 0.3) is 0 Å². The van der Waals surface area contributed by atoms with Crippen molar-refractivity contribution >= 4 is 6.09 Å². The molecular formula is C26H35NO5. The average Bonchev–Trinajstić information content (AvgIpc) is 3.11. The van der Waals surface area contributed by atoms with Gasteiger partial charge >= 0.3 is 6.09 Å². The van der Waals surface area contributed by atoms with Crippen LogP contribution in [0.15, 0.2) is 48.5 Å². The van der Waals surface area contributed by atoms with Crippen molar-refractivity contribution in [2.24, 2.45) is 5.41 Å². The van der Waals surface area contributed by atoms with E-state index in [0.29, 0.717) is 31.2 Å². The summed E-state index contributed by atoms with van der Waals surface area (Å²) in [6.07, 6.45) is -0.975. The van der Waals surface area contributed by atoms with Gasteiger partial charge in [0.05, 0.1) is 13.2 Å². The summed E-state index contributed by atoms with van der Waals surface area (Å²) in [5.41, 5.74) is 0.950. The van der Waals surface area contributed by atoms with Crippen LogP contribution in [0.4, 0.5) is 4.79 Å². The Morgan fingerprint density at radius 3 is 2.47 bits per heavy atom. The predicted octanol–water partition coefficient (Wildman–Crippen LogP) is 5.00. The molecule has 3 atom stereocenters. The predicted molar refractivity (Wildman–Crippen MR) is 124 cm³/mol. The lowest BCUT2D eigenvalue weighted by Gasteiger charge is -2.34. The molecule has 0 aromatic heterocycles.